The Hall–Kier alpha value is -1.51. The summed E-state index contributed by atoms with van der Waals surface area (Å²) in [6.45, 7) is 5.55. The lowest BCUT2D eigenvalue weighted by Gasteiger charge is -2.44. The van der Waals surface area contributed by atoms with Crippen molar-refractivity contribution in [1.29, 1.82) is 0 Å². The number of anilines is 1. The maximum absolute atomic E-state index is 12.7. The Bertz CT molecular complexity index is 538. The molecule has 1 aliphatic heterocycles. The molecular weight excluding hydrogens is 272 g/mol. The van der Waals surface area contributed by atoms with Crippen LogP contribution in [-0.2, 0) is 4.79 Å². The molecule has 2 fully saturated rings. The number of nitrogens with zero attached hydrogens (tertiary/aromatic N) is 1. The van der Waals surface area contributed by atoms with Crippen LogP contribution in [0.25, 0.3) is 0 Å². The number of amides is 1. The number of carbonyl (C=O) groups excluding carboxylic acids is 1. The van der Waals surface area contributed by atoms with E-state index in [1.54, 1.807) is 0 Å². The Morgan fingerprint density at radius 3 is 2.82 bits per heavy atom. The van der Waals surface area contributed by atoms with Crippen molar-refractivity contribution in [3.8, 4) is 0 Å². The molecular formula is C19H28N2O. The molecule has 1 saturated carbocycles. The molecule has 1 aromatic rings. The normalized spacial score (nSPS) is 24.7. The van der Waals surface area contributed by atoms with Crippen molar-refractivity contribution >= 4 is 11.6 Å². The van der Waals surface area contributed by atoms with E-state index in [-0.39, 0.29) is 5.91 Å². The highest BCUT2D eigenvalue weighted by Gasteiger charge is 2.35. The van der Waals surface area contributed by atoms with E-state index in [1.165, 1.54) is 49.7 Å². The first-order valence-electron chi connectivity index (χ1n) is 8.76. The number of rotatable bonds is 3. The lowest BCUT2D eigenvalue weighted by Crippen LogP contribution is -2.51. The molecule has 3 rings (SSSR count). The highest BCUT2D eigenvalue weighted by molar-refractivity contribution is 5.81. The van der Waals surface area contributed by atoms with E-state index in [0.29, 0.717) is 12.6 Å². The number of aryl methyl sites for hydroxylation is 2. The largest absolute Gasteiger partial charge is 0.376 e. The van der Waals surface area contributed by atoms with Gasteiger partial charge in [0.15, 0.2) is 0 Å². The summed E-state index contributed by atoms with van der Waals surface area (Å²) in [5, 5.41) is 3.36. The average Bonchev–Trinajstić information content (AvgIpc) is 2.55. The number of hydrogen-bond donors (Lipinski definition) is 1. The molecule has 1 saturated heterocycles. The maximum atomic E-state index is 12.7. The van der Waals surface area contributed by atoms with Gasteiger partial charge in [0.2, 0.25) is 5.91 Å². The van der Waals surface area contributed by atoms with E-state index in [9.17, 15) is 4.79 Å². The van der Waals surface area contributed by atoms with Crippen molar-refractivity contribution in [2.75, 3.05) is 18.4 Å². The van der Waals surface area contributed by atoms with Gasteiger partial charge in [0.05, 0.1) is 6.54 Å². The van der Waals surface area contributed by atoms with Gasteiger partial charge in [-0.3, -0.25) is 4.79 Å². The fourth-order valence-electron chi connectivity index (χ4n) is 4.13. The van der Waals surface area contributed by atoms with E-state index in [1.807, 2.05) is 0 Å². The molecule has 3 heteroatoms. The van der Waals surface area contributed by atoms with Gasteiger partial charge in [0.25, 0.3) is 0 Å². The summed E-state index contributed by atoms with van der Waals surface area (Å²) < 4.78 is 0. The Morgan fingerprint density at radius 2 is 1.95 bits per heavy atom. The Labute approximate surface area is 134 Å². The monoisotopic (exact) mass is 300 g/mol. The van der Waals surface area contributed by atoms with E-state index in [0.717, 1.165) is 18.2 Å². The van der Waals surface area contributed by atoms with E-state index in [2.05, 4.69) is 42.3 Å². The van der Waals surface area contributed by atoms with Gasteiger partial charge in [-0.2, -0.15) is 0 Å². The minimum atomic E-state index is 0.275. The standard InChI is InChI=1S/C19H28N2O/c1-14-9-10-15(2)17(12-14)20-13-19(22)21-11-5-7-16-6-3-4-8-18(16)21/h9-10,12,16,18,20H,3-8,11,13H2,1-2H3. The molecule has 1 amide bonds. The smallest absolute Gasteiger partial charge is 0.242 e. The highest BCUT2D eigenvalue weighted by atomic mass is 16.2. The van der Waals surface area contributed by atoms with Gasteiger partial charge in [0.1, 0.15) is 0 Å². The van der Waals surface area contributed by atoms with Crippen LogP contribution in [0.15, 0.2) is 18.2 Å². The number of likely N-dealkylation sites (tertiary alicyclic amines) is 1. The number of benzene rings is 1. The Kier molecular flexibility index (Phi) is 4.70. The van der Waals surface area contributed by atoms with Crippen molar-refractivity contribution in [2.45, 2.75) is 58.4 Å². The molecule has 1 aliphatic carbocycles. The van der Waals surface area contributed by atoms with Gasteiger partial charge in [-0.25, -0.2) is 0 Å². The summed E-state index contributed by atoms with van der Waals surface area (Å²) in [4.78, 5) is 14.9. The lowest BCUT2D eigenvalue weighted by atomic mass is 9.78. The zero-order valence-electron chi connectivity index (χ0n) is 13.9. The Balaban J connectivity index is 1.62. The fourth-order valence-corrected chi connectivity index (χ4v) is 4.13. The molecule has 0 bridgehead atoms. The zero-order chi connectivity index (χ0) is 15.5. The molecule has 0 aromatic heterocycles. The van der Waals surface area contributed by atoms with E-state index >= 15 is 0 Å². The van der Waals surface area contributed by atoms with Crippen LogP contribution in [0.4, 0.5) is 5.69 Å². The van der Waals surface area contributed by atoms with Crippen molar-refractivity contribution in [1.82, 2.24) is 4.90 Å². The van der Waals surface area contributed by atoms with Crippen molar-refractivity contribution in [2.24, 2.45) is 5.92 Å². The lowest BCUT2D eigenvalue weighted by molar-refractivity contribution is -0.135. The van der Waals surface area contributed by atoms with Gasteiger partial charge in [-0.15, -0.1) is 0 Å². The summed E-state index contributed by atoms with van der Waals surface area (Å²) in [5.74, 6) is 1.03. The van der Waals surface area contributed by atoms with Gasteiger partial charge < -0.3 is 10.2 Å². The van der Waals surface area contributed by atoms with Crippen molar-refractivity contribution in [3.63, 3.8) is 0 Å². The van der Waals surface area contributed by atoms with Crippen molar-refractivity contribution in [3.05, 3.63) is 29.3 Å². The second-order valence-corrected chi connectivity index (χ2v) is 7.01. The minimum absolute atomic E-state index is 0.275. The van der Waals surface area contributed by atoms with Gasteiger partial charge >= 0.3 is 0 Å². The fraction of sp³-hybridized carbons (Fsp3) is 0.632. The van der Waals surface area contributed by atoms with E-state index < -0.39 is 0 Å². The topological polar surface area (TPSA) is 32.3 Å². The third-order valence-corrected chi connectivity index (χ3v) is 5.39. The Morgan fingerprint density at radius 1 is 1.18 bits per heavy atom. The average molecular weight is 300 g/mol. The second kappa shape index (κ2) is 6.72. The molecule has 2 atom stereocenters. The van der Waals surface area contributed by atoms with Crippen LogP contribution >= 0.6 is 0 Å². The SMILES string of the molecule is Cc1ccc(C)c(NCC(=O)N2CCCC3CCCCC32)c1. The number of hydrogen-bond acceptors (Lipinski definition) is 2. The molecule has 0 spiro atoms. The first-order chi connectivity index (χ1) is 10.6. The molecule has 3 nitrogen and oxygen atoms in total. The molecule has 2 aliphatic rings. The van der Waals surface area contributed by atoms with Crippen LogP contribution in [0, 0.1) is 19.8 Å². The predicted molar refractivity (Wildman–Crippen MR) is 91.1 cm³/mol. The molecule has 22 heavy (non-hydrogen) atoms. The molecule has 0 radical (unpaired) electrons. The molecule has 2 unspecified atom stereocenters. The van der Waals surface area contributed by atoms with Crippen LogP contribution in [0.5, 0.6) is 0 Å². The summed E-state index contributed by atoms with van der Waals surface area (Å²) >= 11 is 0. The van der Waals surface area contributed by atoms with Gasteiger partial charge in [-0.1, -0.05) is 25.0 Å². The van der Waals surface area contributed by atoms with Crippen LogP contribution in [0.1, 0.15) is 49.7 Å². The molecule has 120 valence electrons. The highest BCUT2D eigenvalue weighted by Crippen LogP contribution is 2.35. The second-order valence-electron chi connectivity index (χ2n) is 7.01. The van der Waals surface area contributed by atoms with Crippen LogP contribution in [-0.4, -0.2) is 29.9 Å². The number of fused-ring (bicyclic) bond motifs is 1. The van der Waals surface area contributed by atoms with Crippen LogP contribution in [0.3, 0.4) is 0 Å². The molecule has 1 N–H and O–H groups in total. The molecule has 1 aromatic carbocycles. The van der Waals surface area contributed by atoms with E-state index in [4.69, 9.17) is 0 Å². The summed E-state index contributed by atoms with van der Waals surface area (Å²) in [6, 6.07) is 6.86. The minimum Gasteiger partial charge on any atom is -0.376 e. The summed E-state index contributed by atoms with van der Waals surface area (Å²) in [5.41, 5.74) is 3.52. The number of piperidine rings is 1. The van der Waals surface area contributed by atoms with Crippen LogP contribution < -0.4 is 5.32 Å². The van der Waals surface area contributed by atoms with Crippen molar-refractivity contribution < 1.29 is 4.79 Å². The van der Waals surface area contributed by atoms with Crippen LogP contribution in [0.2, 0.25) is 0 Å². The van der Waals surface area contributed by atoms with Gasteiger partial charge in [0, 0.05) is 18.3 Å². The van der Waals surface area contributed by atoms with Gasteiger partial charge in [-0.05, 0) is 62.6 Å². The molecule has 1 heterocycles. The third kappa shape index (κ3) is 3.29. The first-order valence-corrected chi connectivity index (χ1v) is 8.76. The quantitative estimate of drug-likeness (QED) is 0.918. The summed E-state index contributed by atoms with van der Waals surface area (Å²) in [7, 11) is 0. The first kappa shape index (κ1) is 15.4. The zero-order valence-corrected chi connectivity index (χ0v) is 13.9. The third-order valence-electron chi connectivity index (χ3n) is 5.39. The predicted octanol–water partition coefficient (Wildman–Crippen LogP) is 3.90. The summed E-state index contributed by atoms with van der Waals surface area (Å²) in [6.07, 6.45) is 7.66. The number of carbonyl (C=O) groups is 1. The maximum Gasteiger partial charge on any atom is 0.242 e. The number of nitrogens with one attached hydrogen (secondary N) is 1.